The van der Waals surface area contributed by atoms with Gasteiger partial charge in [0.25, 0.3) is 0 Å². The molecule has 0 N–H and O–H groups in total. The van der Waals surface area contributed by atoms with E-state index in [1.165, 1.54) is 0 Å². The molecule has 3 aromatic rings. The van der Waals surface area contributed by atoms with E-state index < -0.39 is 0 Å². The van der Waals surface area contributed by atoms with Crippen LogP contribution < -0.4 is 4.74 Å². The number of ether oxygens (including phenoxy) is 2. The second-order valence-corrected chi connectivity index (χ2v) is 6.64. The van der Waals surface area contributed by atoms with Crippen molar-refractivity contribution in [3.05, 3.63) is 78.4 Å². The summed E-state index contributed by atoms with van der Waals surface area (Å²) in [6.45, 7) is 3.85. The Labute approximate surface area is 171 Å². The largest absolute Gasteiger partial charge is 0.461 e. The van der Waals surface area contributed by atoms with Gasteiger partial charge in [-0.3, -0.25) is 9.59 Å². The molecule has 0 saturated heterocycles. The molecule has 0 radical (unpaired) electrons. The van der Waals surface area contributed by atoms with E-state index in [0.717, 1.165) is 27.8 Å². The number of carbonyl (C=O) groups excluding carboxylic acids is 2. The molecule has 4 heteroatoms. The summed E-state index contributed by atoms with van der Waals surface area (Å²) >= 11 is 0. The first kappa shape index (κ1) is 20.3. The molecule has 0 aliphatic heterocycles. The van der Waals surface area contributed by atoms with Gasteiger partial charge in [0.1, 0.15) is 12.4 Å². The van der Waals surface area contributed by atoms with Crippen LogP contribution in [-0.2, 0) is 20.9 Å². The molecule has 0 spiro atoms. The molecule has 148 valence electrons. The summed E-state index contributed by atoms with van der Waals surface area (Å²) in [4.78, 5) is 22.6. The van der Waals surface area contributed by atoms with Crippen LogP contribution in [0, 0.1) is 0 Å². The third-order valence-corrected chi connectivity index (χ3v) is 4.57. The summed E-state index contributed by atoms with van der Waals surface area (Å²) in [5.74, 6) is 0.125. The van der Waals surface area contributed by atoms with Crippen LogP contribution in [-0.4, -0.2) is 11.9 Å². The van der Waals surface area contributed by atoms with Gasteiger partial charge in [-0.15, -0.1) is 0 Å². The fourth-order valence-electron chi connectivity index (χ4n) is 2.83. The number of benzene rings is 3. The predicted octanol–water partition coefficient (Wildman–Crippen LogP) is 5.79. The molecule has 0 aliphatic carbocycles. The quantitative estimate of drug-likeness (QED) is 0.380. The van der Waals surface area contributed by atoms with Gasteiger partial charge in [0, 0.05) is 12.8 Å². The highest BCUT2D eigenvalue weighted by atomic mass is 16.5. The smallest absolute Gasteiger partial charge is 0.310 e. The molecule has 0 atom stereocenters. The Balaban J connectivity index is 1.66. The SMILES string of the molecule is CCC(=O)OCc1ccc(-c2ccc(-c3ccc(OC(=O)CC)cc3)cc2)cc1. The lowest BCUT2D eigenvalue weighted by molar-refractivity contribution is -0.144. The average molecular weight is 388 g/mol. The molecule has 0 heterocycles. The van der Waals surface area contributed by atoms with Gasteiger partial charge in [-0.05, 0) is 39.9 Å². The van der Waals surface area contributed by atoms with Crippen molar-refractivity contribution in [2.24, 2.45) is 0 Å². The van der Waals surface area contributed by atoms with Crippen molar-refractivity contribution in [1.29, 1.82) is 0 Å². The molecule has 0 fully saturated rings. The zero-order chi connectivity index (χ0) is 20.6. The Morgan fingerprint density at radius 1 is 0.621 bits per heavy atom. The van der Waals surface area contributed by atoms with E-state index in [2.05, 4.69) is 24.3 Å². The van der Waals surface area contributed by atoms with Crippen molar-refractivity contribution in [1.82, 2.24) is 0 Å². The fourth-order valence-corrected chi connectivity index (χ4v) is 2.83. The van der Waals surface area contributed by atoms with Gasteiger partial charge in [0.2, 0.25) is 0 Å². The molecule has 0 amide bonds. The monoisotopic (exact) mass is 388 g/mol. The lowest BCUT2D eigenvalue weighted by Gasteiger charge is -2.08. The van der Waals surface area contributed by atoms with E-state index in [0.29, 0.717) is 25.2 Å². The maximum absolute atomic E-state index is 11.4. The summed E-state index contributed by atoms with van der Waals surface area (Å²) in [5.41, 5.74) is 5.32. The molecule has 29 heavy (non-hydrogen) atoms. The molecular formula is C25H24O4. The molecule has 3 aromatic carbocycles. The van der Waals surface area contributed by atoms with Crippen molar-refractivity contribution in [3.63, 3.8) is 0 Å². The summed E-state index contributed by atoms with van der Waals surface area (Å²) in [7, 11) is 0. The van der Waals surface area contributed by atoms with Crippen molar-refractivity contribution in [2.75, 3.05) is 0 Å². The van der Waals surface area contributed by atoms with E-state index in [-0.39, 0.29) is 11.9 Å². The Hall–Kier alpha value is -3.40. The Morgan fingerprint density at radius 2 is 1.03 bits per heavy atom. The minimum Gasteiger partial charge on any atom is -0.461 e. The lowest BCUT2D eigenvalue weighted by atomic mass is 9.99. The lowest BCUT2D eigenvalue weighted by Crippen LogP contribution is -2.05. The third-order valence-electron chi connectivity index (χ3n) is 4.57. The van der Waals surface area contributed by atoms with Crippen LogP contribution in [0.4, 0.5) is 0 Å². The molecule has 0 aliphatic rings. The first-order valence-electron chi connectivity index (χ1n) is 9.75. The highest BCUT2D eigenvalue weighted by Crippen LogP contribution is 2.26. The zero-order valence-corrected chi connectivity index (χ0v) is 16.7. The second-order valence-electron chi connectivity index (χ2n) is 6.64. The normalized spacial score (nSPS) is 10.4. The van der Waals surface area contributed by atoms with Crippen LogP contribution in [0.15, 0.2) is 72.8 Å². The minimum absolute atomic E-state index is 0.193. The van der Waals surface area contributed by atoms with Gasteiger partial charge in [0.15, 0.2) is 0 Å². The molecule has 4 nitrogen and oxygen atoms in total. The molecule has 0 bridgehead atoms. The molecule has 0 saturated carbocycles. The number of esters is 2. The summed E-state index contributed by atoms with van der Waals surface area (Å²) < 4.78 is 10.4. The molecular weight excluding hydrogens is 364 g/mol. The third kappa shape index (κ3) is 5.55. The maximum atomic E-state index is 11.4. The van der Waals surface area contributed by atoms with Crippen molar-refractivity contribution in [2.45, 2.75) is 33.3 Å². The van der Waals surface area contributed by atoms with Gasteiger partial charge in [-0.2, -0.15) is 0 Å². The van der Waals surface area contributed by atoms with Gasteiger partial charge in [-0.1, -0.05) is 74.5 Å². The van der Waals surface area contributed by atoms with E-state index in [9.17, 15) is 9.59 Å². The average Bonchev–Trinajstić information content (AvgIpc) is 2.78. The minimum atomic E-state index is -0.239. The van der Waals surface area contributed by atoms with E-state index >= 15 is 0 Å². The van der Waals surface area contributed by atoms with E-state index in [1.807, 2.05) is 36.4 Å². The van der Waals surface area contributed by atoms with Crippen LogP contribution in [0.3, 0.4) is 0 Å². The zero-order valence-electron chi connectivity index (χ0n) is 16.7. The Kier molecular flexibility index (Phi) is 6.80. The first-order valence-corrected chi connectivity index (χ1v) is 9.75. The van der Waals surface area contributed by atoms with Gasteiger partial charge < -0.3 is 9.47 Å². The van der Waals surface area contributed by atoms with Crippen LogP contribution >= 0.6 is 0 Å². The van der Waals surface area contributed by atoms with E-state index in [1.54, 1.807) is 26.0 Å². The van der Waals surface area contributed by atoms with Crippen molar-refractivity contribution >= 4 is 11.9 Å². The van der Waals surface area contributed by atoms with Gasteiger partial charge in [0.05, 0.1) is 0 Å². The first-order chi connectivity index (χ1) is 14.1. The standard InChI is InChI=1S/C25H24O4/c1-3-24(26)28-17-18-5-7-19(8-6-18)20-9-11-21(12-10-20)22-13-15-23(16-14-22)29-25(27)4-2/h5-16H,3-4,17H2,1-2H3. The number of rotatable bonds is 7. The van der Waals surface area contributed by atoms with Crippen molar-refractivity contribution < 1.29 is 19.1 Å². The Morgan fingerprint density at radius 3 is 1.48 bits per heavy atom. The number of carbonyl (C=O) groups is 2. The van der Waals surface area contributed by atoms with Crippen LogP contribution in [0.5, 0.6) is 5.75 Å². The second kappa shape index (κ2) is 9.69. The molecule has 0 aromatic heterocycles. The highest BCUT2D eigenvalue weighted by Gasteiger charge is 2.05. The fraction of sp³-hybridized carbons (Fsp3) is 0.200. The van der Waals surface area contributed by atoms with Gasteiger partial charge in [-0.25, -0.2) is 0 Å². The number of hydrogen-bond acceptors (Lipinski definition) is 4. The summed E-state index contributed by atoms with van der Waals surface area (Å²) in [6, 6.07) is 23.8. The summed E-state index contributed by atoms with van der Waals surface area (Å²) in [5, 5.41) is 0. The molecule has 0 unspecified atom stereocenters. The number of hydrogen-bond donors (Lipinski definition) is 0. The van der Waals surface area contributed by atoms with Crippen LogP contribution in [0.2, 0.25) is 0 Å². The van der Waals surface area contributed by atoms with Crippen LogP contribution in [0.1, 0.15) is 32.3 Å². The predicted molar refractivity (Wildman–Crippen MR) is 113 cm³/mol. The van der Waals surface area contributed by atoms with E-state index in [4.69, 9.17) is 9.47 Å². The van der Waals surface area contributed by atoms with Crippen LogP contribution in [0.25, 0.3) is 22.3 Å². The topological polar surface area (TPSA) is 52.6 Å². The van der Waals surface area contributed by atoms with Crippen molar-refractivity contribution in [3.8, 4) is 28.0 Å². The Bertz CT molecular complexity index is 955. The maximum Gasteiger partial charge on any atom is 0.310 e. The summed E-state index contributed by atoms with van der Waals surface area (Å²) in [6.07, 6.45) is 0.741. The van der Waals surface area contributed by atoms with Gasteiger partial charge >= 0.3 is 11.9 Å². The highest BCUT2D eigenvalue weighted by molar-refractivity contribution is 5.73. The molecule has 3 rings (SSSR count).